The lowest BCUT2D eigenvalue weighted by molar-refractivity contribution is 0.510. The maximum absolute atomic E-state index is 5.33. The highest BCUT2D eigenvalue weighted by atomic mass is 28.1. The Morgan fingerprint density at radius 2 is 2.11 bits per heavy atom. The summed E-state index contributed by atoms with van der Waals surface area (Å²) in [5.74, 6) is 0.767. The van der Waals surface area contributed by atoms with E-state index in [0.29, 0.717) is 0 Å². The van der Waals surface area contributed by atoms with Crippen LogP contribution in [0.15, 0.2) is 0 Å². The Labute approximate surface area is 60.6 Å². The van der Waals surface area contributed by atoms with E-state index in [0.717, 1.165) is 24.7 Å². The van der Waals surface area contributed by atoms with E-state index in [9.17, 15) is 0 Å². The van der Waals surface area contributed by atoms with Gasteiger partial charge < -0.3 is 11.1 Å². The molecule has 0 fully saturated rings. The number of nitrogens with one attached hydrogen (secondary N) is 1. The molecule has 2 nitrogen and oxygen atoms in total. The molecule has 0 aliphatic rings. The largest absolute Gasteiger partial charge is 0.329 e. The molecule has 0 aromatic carbocycles. The number of hydrogen-bond donors (Lipinski definition) is 2. The van der Waals surface area contributed by atoms with Crippen LogP contribution in [0.25, 0.3) is 0 Å². The van der Waals surface area contributed by atoms with Gasteiger partial charge in [0.25, 0.3) is 0 Å². The SMILES string of the molecule is CC(C)C([SiH3])NCCN. The molecule has 0 heterocycles. The zero-order chi connectivity index (χ0) is 7.28. The Morgan fingerprint density at radius 1 is 1.56 bits per heavy atom. The van der Waals surface area contributed by atoms with Crippen LogP contribution in [0.1, 0.15) is 13.8 Å². The Morgan fingerprint density at radius 3 is 2.44 bits per heavy atom. The summed E-state index contributed by atoms with van der Waals surface area (Å²) in [6, 6.07) is 0. The monoisotopic (exact) mass is 146 g/mol. The Bertz CT molecular complexity index is 66.1. The molecule has 0 bridgehead atoms. The van der Waals surface area contributed by atoms with Crippen molar-refractivity contribution >= 4 is 10.2 Å². The number of nitrogens with two attached hydrogens (primary N) is 1. The zero-order valence-electron chi connectivity index (χ0n) is 6.65. The molecular formula is C6H18N2Si. The lowest BCUT2D eigenvalue weighted by Crippen LogP contribution is -2.37. The van der Waals surface area contributed by atoms with Crippen LogP contribution < -0.4 is 11.1 Å². The molecule has 0 aromatic rings. The summed E-state index contributed by atoms with van der Waals surface area (Å²) in [5, 5.41) is 3.37. The molecule has 9 heavy (non-hydrogen) atoms. The number of hydrogen-bond acceptors (Lipinski definition) is 2. The van der Waals surface area contributed by atoms with Gasteiger partial charge in [0.05, 0.1) is 0 Å². The topological polar surface area (TPSA) is 38.0 Å². The summed E-state index contributed by atoms with van der Waals surface area (Å²) in [7, 11) is 1.22. The maximum Gasteiger partial charge on any atom is 0.0244 e. The average molecular weight is 146 g/mol. The van der Waals surface area contributed by atoms with Gasteiger partial charge in [0.2, 0.25) is 0 Å². The molecule has 0 aromatic heterocycles. The van der Waals surface area contributed by atoms with Crippen molar-refractivity contribution in [3.63, 3.8) is 0 Å². The fourth-order valence-corrected chi connectivity index (χ4v) is 0.835. The van der Waals surface area contributed by atoms with Crippen molar-refractivity contribution in [2.75, 3.05) is 13.1 Å². The van der Waals surface area contributed by atoms with Crippen molar-refractivity contribution in [1.29, 1.82) is 0 Å². The second kappa shape index (κ2) is 4.96. The van der Waals surface area contributed by atoms with Gasteiger partial charge in [-0.2, -0.15) is 0 Å². The predicted molar refractivity (Wildman–Crippen MR) is 45.6 cm³/mol. The van der Waals surface area contributed by atoms with Gasteiger partial charge >= 0.3 is 0 Å². The molecule has 0 amide bonds. The quantitative estimate of drug-likeness (QED) is 0.493. The van der Waals surface area contributed by atoms with Gasteiger partial charge in [-0.25, -0.2) is 0 Å². The minimum Gasteiger partial charge on any atom is -0.329 e. The molecule has 0 spiro atoms. The molecule has 1 atom stereocenters. The van der Waals surface area contributed by atoms with Crippen LogP contribution in [-0.4, -0.2) is 29.0 Å². The van der Waals surface area contributed by atoms with E-state index in [1.807, 2.05) is 0 Å². The second-order valence-corrected chi connectivity index (χ2v) is 4.02. The first-order valence-electron chi connectivity index (χ1n) is 3.62. The van der Waals surface area contributed by atoms with E-state index in [2.05, 4.69) is 19.2 Å². The van der Waals surface area contributed by atoms with Crippen molar-refractivity contribution in [3.8, 4) is 0 Å². The molecule has 56 valence electrons. The molecule has 0 saturated carbocycles. The average Bonchev–Trinajstić information content (AvgIpc) is 1.82. The molecule has 0 radical (unpaired) electrons. The Kier molecular flexibility index (Phi) is 5.04. The summed E-state index contributed by atoms with van der Waals surface area (Å²) in [6.07, 6.45) is 0. The van der Waals surface area contributed by atoms with Crippen LogP contribution in [0.4, 0.5) is 0 Å². The zero-order valence-corrected chi connectivity index (χ0v) is 8.65. The highest BCUT2D eigenvalue weighted by Gasteiger charge is 2.03. The van der Waals surface area contributed by atoms with Crippen molar-refractivity contribution in [2.24, 2.45) is 11.7 Å². The summed E-state index contributed by atoms with van der Waals surface area (Å²) in [5.41, 5.74) is 6.06. The first kappa shape index (κ1) is 9.14. The summed E-state index contributed by atoms with van der Waals surface area (Å²) in [6.45, 7) is 6.19. The van der Waals surface area contributed by atoms with E-state index >= 15 is 0 Å². The van der Waals surface area contributed by atoms with E-state index in [-0.39, 0.29) is 0 Å². The lowest BCUT2D eigenvalue weighted by atomic mass is 10.2. The van der Waals surface area contributed by atoms with Crippen LogP contribution in [0.5, 0.6) is 0 Å². The van der Waals surface area contributed by atoms with Gasteiger partial charge in [0.15, 0.2) is 0 Å². The normalized spacial score (nSPS) is 14.7. The van der Waals surface area contributed by atoms with Crippen molar-refractivity contribution in [1.82, 2.24) is 5.32 Å². The van der Waals surface area contributed by atoms with Crippen molar-refractivity contribution in [3.05, 3.63) is 0 Å². The van der Waals surface area contributed by atoms with Gasteiger partial charge in [-0.3, -0.25) is 0 Å². The minimum atomic E-state index is 0.730. The molecule has 0 aliphatic carbocycles. The fourth-order valence-electron chi connectivity index (χ4n) is 0.547. The first-order valence-corrected chi connectivity index (χ1v) is 4.77. The predicted octanol–water partition coefficient (Wildman–Crippen LogP) is -1.12. The highest BCUT2D eigenvalue weighted by molar-refractivity contribution is 6.11. The lowest BCUT2D eigenvalue weighted by Gasteiger charge is -2.16. The van der Waals surface area contributed by atoms with E-state index in [4.69, 9.17) is 5.73 Å². The van der Waals surface area contributed by atoms with Gasteiger partial charge in [0, 0.05) is 23.3 Å². The second-order valence-electron chi connectivity index (χ2n) is 2.78. The molecule has 0 saturated heterocycles. The van der Waals surface area contributed by atoms with Crippen LogP contribution in [0.3, 0.4) is 0 Å². The van der Waals surface area contributed by atoms with Gasteiger partial charge in [0.1, 0.15) is 0 Å². The third-order valence-electron chi connectivity index (χ3n) is 1.61. The van der Waals surface area contributed by atoms with Crippen molar-refractivity contribution < 1.29 is 0 Å². The third kappa shape index (κ3) is 4.63. The standard InChI is InChI=1S/C6H18N2Si/c1-5(2)6(9)8-4-3-7/h5-6,8H,3-4,7H2,1-2,9H3. The number of rotatable bonds is 4. The third-order valence-corrected chi connectivity index (χ3v) is 3.35. The summed E-state index contributed by atoms with van der Waals surface area (Å²) >= 11 is 0. The Hall–Kier alpha value is 0.137. The summed E-state index contributed by atoms with van der Waals surface area (Å²) in [4.78, 5) is 0. The van der Waals surface area contributed by atoms with Crippen LogP contribution in [0.2, 0.25) is 0 Å². The van der Waals surface area contributed by atoms with E-state index < -0.39 is 0 Å². The maximum atomic E-state index is 5.33. The Balaban J connectivity index is 3.16. The van der Waals surface area contributed by atoms with Gasteiger partial charge in [-0.05, 0) is 11.6 Å². The molecule has 0 aliphatic heterocycles. The fraction of sp³-hybridized carbons (Fsp3) is 1.00. The molecule has 3 N–H and O–H groups in total. The highest BCUT2D eigenvalue weighted by Crippen LogP contribution is 1.94. The van der Waals surface area contributed by atoms with Gasteiger partial charge in [-0.15, -0.1) is 0 Å². The molecule has 3 heteroatoms. The molecular weight excluding hydrogens is 128 g/mol. The molecule has 1 unspecified atom stereocenters. The van der Waals surface area contributed by atoms with E-state index in [1.165, 1.54) is 10.2 Å². The van der Waals surface area contributed by atoms with Crippen LogP contribution in [-0.2, 0) is 0 Å². The van der Waals surface area contributed by atoms with Crippen molar-refractivity contribution in [2.45, 2.75) is 19.5 Å². The van der Waals surface area contributed by atoms with E-state index in [1.54, 1.807) is 0 Å². The van der Waals surface area contributed by atoms with Gasteiger partial charge in [-0.1, -0.05) is 13.8 Å². The summed E-state index contributed by atoms with van der Waals surface area (Å²) < 4.78 is 0. The van der Waals surface area contributed by atoms with Crippen LogP contribution in [0, 0.1) is 5.92 Å². The first-order chi connectivity index (χ1) is 4.18. The molecule has 0 rings (SSSR count). The van der Waals surface area contributed by atoms with Crippen LogP contribution >= 0.6 is 0 Å². The minimum absolute atomic E-state index is 0.730. The smallest absolute Gasteiger partial charge is 0.0244 e.